The van der Waals surface area contributed by atoms with Crippen LogP contribution in [0.15, 0.2) is 159 Å². The van der Waals surface area contributed by atoms with Crippen molar-refractivity contribution in [1.29, 1.82) is 0 Å². The van der Waals surface area contributed by atoms with Gasteiger partial charge in [0, 0.05) is 85.7 Å². The number of likely N-dealkylation sites (N-methyl/N-ethyl adjacent to an activating group) is 2. The molecule has 2 aromatic heterocycles. The molecule has 2 heterocycles. The molecule has 6 aromatic carbocycles. The van der Waals surface area contributed by atoms with Crippen molar-refractivity contribution >= 4 is 35.3 Å². The van der Waals surface area contributed by atoms with Crippen LogP contribution in [0.25, 0.3) is 22.3 Å². The van der Waals surface area contributed by atoms with Crippen molar-refractivity contribution in [3.05, 3.63) is 233 Å². The van der Waals surface area contributed by atoms with Gasteiger partial charge < -0.3 is 28.7 Å². The maximum absolute atomic E-state index is 15.4. The molecule has 0 spiro atoms. The second kappa shape index (κ2) is 32.9. The van der Waals surface area contributed by atoms with E-state index in [4.69, 9.17) is 34.3 Å². The molecule has 0 bridgehead atoms. The molecule has 22 heteroatoms. The summed E-state index contributed by atoms with van der Waals surface area (Å²) in [7, 11) is 0. The minimum Gasteiger partial charge on any atom is -0.336 e. The molecule has 0 fully saturated rings. The third kappa shape index (κ3) is 18.6. The zero-order valence-corrected chi connectivity index (χ0v) is 53.5. The molecular formula is C74H80F8N8O4S2. The SMILES string of the molecule is [2H]C(C)(c1ccc(-c2ccc(C(F)(F)F)cc2)cc1)N(CCN(CC)CC)C(=O)C([2H])([2H])n1c(SCc2ccc(F)cc2)nc(=O)c2c1CCC2.[2H]c1c([2H])c(C([2H])([2H])Sc2nc(=O)c3c(n2CC(=O)N(C([2H])([2H])c2c([2H])c([2H])c(-c4c([2H])c([2H])c(C(F)(F)F)c(C)c4[2H])c([2H])c2[2H])C([2H])([2H])C([2H])([2H])N(C([2H])([2H])C)C([2H])([2H])C)C([2H])([2H])C([2H])([2H])C3([2H])[2H])c([2H])c([2H])c1F. The molecule has 0 N–H and O–H groups in total. The molecule has 1 atom stereocenters. The van der Waals surface area contributed by atoms with E-state index >= 15 is 4.79 Å². The maximum atomic E-state index is 15.4. The number of rotatable bonds is 26. The van der Waals surface area contributed by atoms with E-state index in [0.29, 0.717) is 93.2 Å². The van der Waals surface area contributed by atoms with Crippen LogP contribution in [0.5, 0.6) is 0 Å². The minimum atomic E-state index is -5.36. The van der Waals surface area contributed by atoms with Gasteiger partial charge in [0.1, 0.15) is 24.7 Å². The number of hydrogen-bond acceptors (Lipinski definition) is 10. The Bertz CT molecular complexity index is 5700. The summed E-state index contributed by atoms with van der Waals surface area (Å²) < 4.78 is 390. The van der Waals surface area contributed by atoms with Crippen LogP contribution in [-0.2, 0) is 78.5 Å². The molecule has 10 rings (SSSR count). The number of benzene rings is 6. The van der Waals surface area contributed by atoms with Crippen LogP contribution in [0.3, 0.4) is 0 Å². The molecule has 1 unspecified atom stereocenters. The van der Waals surface area contributed by atoms with Crippen molar-refractivity contribution in [2.24, 2.45) is 0 Å². The highest BCUT2D eigenvalue weighted by atomic mass is 32.2. The summed E-state index contributed by atoms with van der Waals surface area (Å²) in [6.07, 6.45) is -20.1. The fraction of sp³-hybridized carbons (Fsp3) is 0.378. The lowest BCUT2D eigenvalue weighted by atomic mass is 9.98. The van der Waals surface area contributed by atoms with Crippen LogP contribution in [0.1, 0.15) is 159 Å². The van der Waals surface area contributed by atoms with E-state index in [1.807, 2.05) is 13.8 Å². The van der Waals surface area contributed by atoms with E-state index in [2.05, 4.69) is 14.9 Å². The normalized spacial score (nSPS) is 21.0. The Labute approximate surface area is 608 Å². The highest BCUT2D eigenvalue weighted by molar-refractivity contribution is 7.98. The number of thioether (sulfide) groups is 2. The van der Waals surface area contributed by atoms with Crippen LogP contribution in [0.2, 0.25) is 0 Å². The highest BCUT2D eigenvalue weighted by Crippen LogP contribution is 2.36. The van der Waals surface area contributed by atoms with Crippen molar-refractivity contribution in [3.8, 4) is 22.3 Å². The average molecular weight is 1390 g/mol. The van der Waals surface area contributed by atoms with Crippen molar-refractivity contribution in [2.45, 2.75) is 140 Å². The van der Waals surface area contributed by atoms with Gasteiger partial charge in [0.25, 0.3) is 11.1 Å². The number of fused-ring (bicyclic) bond motifs is 2. The van der Waals surface area contributed by atoms with E-state index in [9.17, 15) is 59.1 Å². The summed E-state index contributed by atoms with van der Waals surface area (Å²) >= 11 is 0.518. The summed E-state index contributed by atoms with van der Waals surface area (Å²) in [6.45, 7) is -16.8. The first kappa shape index (κ1) is 40.7. The van der Waals surface area contributed by atoms with E-state index in [-0.39, 0.29) is 22.0 Å². The van der Waals surface area contributed by atoms with E-state index in [1.165, 1.54) is 40.7 Å². The van der Waals surface area contributed by atoms with Gasteiger partial charge >= 0.3 is 12.4 Å². The van der Waals surface area contributed by atoms with Gasteiger partial charge in [-0.25, -0.2) is 8.78 Å². The number of amides is 2. The molecule has 8 aromatic rings. The zero-order chi connectivity index (χ0) is 97.3. The molecule has 2 aliphatic carbocycles. The molecule has 2 aliphatic rings. The average Bonchev–Trinajstić information content (AvgIpc) is 1.44. The first-order chi connectivity index (χ1) is 58.3. The van der Waals surface area contributed by atoms with E-state index < -0.39 is 267 Å². The Morgan fingerprint density at radius 2 is 1.26 bits per heavy atom. The van der Waals surface area contributed by atoms with Crippen molar-refractivity contribution in [2.75, 3.05) is 52.2 Å². The summed E-state index contributed by atoms with van der Waals surface area (Å²) in [5.74, 6) is -5.38. The molecule has 2 amide bonds. The standard InChI is InChI=1S/2C37H40F4N4O2S/c1-4-43(5-2)21-22-44(25(3)27-11-13-28(14-12-27)29-15-17-30(18-16-29)37(39,40)41)34(46)23-45-33-8-6-7-32(33)35(47)42-36(45)48-24-26-9-19-31(38)20-10-26;1-4-43(5-2)19-20-44(22-26-9-13-28(14-10-26)29-15-18-32(25(3)21-29)37(39,40)41)34(46)23-45-33-8-6-7-31(33)35(47)42-36(45)48-24-27-11-16-30(38)17-12-27/h9-20,25H,4-8,21-24H2,1-3H3;9-18,21H,4-8,19-20,22-24H2,1-3H3/i23D2,25D;4D2,5D2,6D2,7D2,8D2,9D,10D,11D,12D,13D,14D,15D,16D,17D,18D,19D2,20D2,21D,22D2,24D2. The monoisotopic (exact) mass is 1390 g/mol. The summed E-state index contributed by atoms with van der Waals surface area (Å²) in [4.78, 5) is 66.4. The van der Waals surface area contributed by atoms with Crippen molar-refractivity contribution in [1.82, 2.24) is 38.7 Å². The predicted molar refractivity (Wildman–Crippen MR) is 363 cm³/mol. The first-order valence-electron chi connectivity index (χ1n) is 45.2. The second-order valence-electron chi connectivity index (χ2n) is 20.7. The molecule has 0 radical (unpaired) electrons. The molecule has 0 aliphatic heterocycles. The fourth-order valence-electron chi connectivity index (χ4n) is 9.53. The quantitative estimate of drug-likeness (QED) is 0.0295. The summed E-state index contributed by atoms with van der Waals surface area (Å²) in [6, 6.07) is -1.51. The van der Waals surface area contributed by atoms with Gasteiger partial charge in [-0.1, -0.05) is 148 Å². The lowest BCUT2D eigenvalue weighted by Gasteiger charge is -2.33. The lowest BCUT2D eigenvalue weighted by Crippen LogP contribution is -2.42. The van der Waals surface area contributed by atoms with Gasteiger partial charge in [-0.05, 0) is 171 Å². The maximum Gasteiger partial charge on any atom is 0.416 e. The fourth-order valence-corrected chi connectivity index (χ4v) is 11.1. The number of alkyl halides is 6. The van der Waals surface area contributed by atoms with E-state index in [0.717, 1.165) is 23.9 Å². The van der Waals surface area contributed by atoms with Gasteiger partial charge in [0.05, 0.1) is 41.8 Å². The van der Waals surface area contributed by atoms with Crippen LogP contribution in [0.4, 0.5) is 35.1 Å². The van der Waals surface area contributed by atoms with Crippen LogP contribution < -0.4 is 11.1 Å². The smallest absolute Gasteiger partial charge is 0.336 e. The van der Waals surface area contributed by atoms with Crippen molar-refractivity contribution in [3.63, 3.8) is 0 Å². The first-order valence-corrected chi connectivity index (χ1v) is 31.0. The third-order valence-corrected chi connectivity index (χ3v) is 16.4. The second-order valence-corrected chi connectivity index (χ2v) is 22.4. The zero-order valence-electron chi connectivity index (χ0n) is 83.8. The summed E-state index contributed by atoms with van der Waals surface area (Å²) in [5.41, 5.74) is -15.4. The highest BCUT2D eigenvalue weighted by Gasteiger charge is 2.34. The Kier molecular flexibility index (Phi) is 13.9. The number of halogens is 8. The van der Waals surface area contributed by atoms with Crippen molar-refractivity contribution < 1.29 is 88.6 Å². The predicted octanol–water partition coefficient (Wildman–Crippen LogP) is 15.3. The van der Waals surface area contributed by atoms with Crippen LogP contribution in [0, 0.1) is 18.6 Å². The third-order valence-electron chi connectivity index (χ3n) is 14.6. The number of nitrogens with zero attached hydrogens (tertiary/aromatic N) is 8. The Morgan fingerprint density at radius 3 is 1.89 bits per heavy atom. The Morgan fingerprint density at radius 1 is 0.646 bits per heavy atom. The minimum absolute atomic E-state index is 0.00849. The Hall–Kier alpha value is -7.92. The van der Waals surface area contributed by atoms with Gasteiger partial charge in [0.2, 0.25) is 11.8 Å². The number of carbonyl (C=O) groups excluding carboxylic acids is 2. The van der Waals surface area contributed by atoms with Gasteiger partial charge in [-0.3, -0.25) is 19.2 Å². The Balaban J connectivity index is 0.000000313. The van der Waals surface area contributed by atoms with Crippen LogP contribution in [-0.4, -0.2) is 103 Å². The molecule has 508 valence electrons. The topological polar surface area (TPSA) is 117 Å². The molecule has 12 nitrogen and oxygen atoms in total. The summed E-state index contributed by atoms with van der Waals surface area (Å²) in [5, 5.41) is -1.45. The lowest BCUT2D eigenvalue weighted by molar-refractivity contribution is -0.138. The molecular weight excluding hydrogens is 1280 g/mol. The molecule has 0 saturated carbocycles. The van der Waals surface area contributed by atoms with Crippen LogP contribution >= 0.6 is 23.5 Å². The molecule has 0 saturated heterocycles. The van der Waals surface area contributed by atoms with Gasteiger partial charge in [0.15, 0.2) is 10.3 Å². The van der Waals surface area contributed by atoms with Gasteiger partial charge in [-0.2, -0.15) is 36.3 Å². The van der Waals surface area contributed by atoms with E-state index in [1.54, 1.807) is 36.4 Å². The largest absolute Gasteiger partial charge is 0.416 e. The number of hydrogen-bond donors (Lipinski definition) is 0. The number of aromatic nitrogens is 4. The number of carbonyl (C=O) groups is 2. The molecule has 96 heavy (non-hydrogen) atoms. The van der Waals surface area contributed by atoms with Gasteiger partial charge in [-0.15, -0.1) is 0 Å².